The van der Waals surface area contributed by atoms with E-state index in [2.05, 4.69) is 10.6 Å². The minimum Gasteiger partial charge on any atom is -0.478 e. The number of carboxylic acid groups (broad SMARTS) is 1. The Balaban J connectivity index is 2.32. The average Bonchev–Trinajstić information content (AvgIpc) is 2.89. The smallest absolute Gasteiger partial charge is 0.331 e. The van der Waals surface area contributed by atoms with Gasteiger partial charge in [0.1, 0.15) is 0 Å². The highest BCUT2D eigenvalue weighted by atomic mass is 16.4. The van der Waals surface area contributed by atoms with Gasteiger partial charge in [0, 0.05) is 17.7 Å². The van der Waals surface area contributed by atoms with E-state index < -0.39 is 17.9 Å². The van der Waals surface area contributed by atoms with Gasteiger partial charge in [-0.3, -0.25) is 10.1 Å². The van der Waals surface area contributed by atoms with Crippen LogP contribution in [0.1, 0.15) is 46.0 Å². The lowest BCUT2D eigenvalue weighted by Crippen LogP contribution is -2.40. The van der Waals surface area contributed by atoms with Gasteiger partial charge in [-0.1, -0.05) is 25.7 Å². The summed E-state index contributed by atoms with van der Waals surface area (Å²) in [5.74, 6) is -1.18. The molecule has 0 aromatic carbocycles. The maximum absolute atomic E-state index is 11.6. The minimum atomic E-state index is -1.17. The van der Waals surface area contributed by atoms with E-state index in [1.807, 2.05) is 0 Å². The van der Waals surface area contributed by atoms with E-state index in [0.717, 1.165) is 6.42 Å². The van der Waals surface area contributed by atoms with Crippen molar-refractivity contribution >= 4 is 17.9 Å². The quantitative estimate of drug-likeness (QED) is 0.670. The molecule has 6 heteroatoms. The van der Waals surface area contributed by atoms with Gasteiger partial charge in [0.2, 0.25) is 0 Å². The third-order valence-corrected chi connectivity index (χ3v) is 3.76. The first-order valence-electron chi connectivity index (χ1n) is 6.91. The number of amides is 3. The summed E-state index contributed by atoms with van der Waals surface area (Å²) in [6.07, 6.45) is 5.86. The molecule has 6 nitrogen and oxygen atoms in total. The van der Waals surface area contributed by atoms with Gasteiger partial charge < -0.3 is 10.4 Å². The van der Waals surface area contributed by atoms with Crippen LogP contribution < -0.4 is 10.6 Å². The molecular weight excluding hydrogens is 260 g/mol. The number of carbonyl (C=O) groups is 3. The first-order valence-corrected chi connectivity index (χ1v) is 6.91. The second-order valence-electron chi connectivity index (χ2n) is 5.20. The Kier molecular flexibility index (Phi) is 6.21. The van der Waals surface area contributed by atoms with Crippen molar-refractivity contribution in [1.29, 1.82) is 0 Å². The van der Waals surface area contributed by atoms with Crippen LogP contribution in [0.4, 0.5) is 4.79 Å². The van der Waals surface area contributed by atoms with Gasteiger partial charge in [-0.05, 0) is 26.2 Å². The van der Waals surface area contributed by atoms with Gasteiger partial charge in [-0.15, -0.1) is 0 Å². The van der Waals surface area contributed by atoms with E-state index >= 15 is 0 Å². The predicted octanol–water partition coefficient (Wildman–Crippen LogP) is 1.81. The van der Waals surface area contributed by atoms with Crippen molar-refractivity contribution in [3.63, 3.8) is 0 Å². The molecule has 0 unspecified atom stereocenters. The fraction of sp³-hybridized carbons (Fsp3) is 0.643. The molecule has 1 aliphatic rings. The van der Waals surface area contributed by atoms with Crippen LogP contribution in [0.25, 0.3) is 0 Å². The molecule has 0 aliphatic heterocycles. The van der Waals surface area contributed by atoms with E-state index in [-0.39, 0.29) is 11.1 Å². The van der Waals surface area contributed by atoms with Crippen LogP contribution in [0.5, 0.6) is 0 Å². The molecule has 0 spiro atoms. The molecule has 0 atom stereocenters. The van der Waals surface area contributed by atoms with Crippen molar-refractivity contribution in [3.05, 3.63) is 11.1 Å². The zero-order valence-electron chi connectivity index (χ0n) is 12.0. The average molecular weight is 282 g/mol. The number of imide groups is 1. The maximum atomic E-state index is 11.6. The highest BCUT2D eigenvalue weighted by Gasteiger charge is 2.17. The second-order valence-corrected chi connectivity index (χ2v) is 5.20. The molecule has 20 heavy (non-hydrogen) atoms. The molecule has 1 fully saturated rings. The van der Waals surface area contributed by atoms with Crippen LogP contribution in [0.3, 0.4) is 0 Å². The number of carbonyl (C=O) groups excluding carboxylic acids is 2. The molecule has 112 valence electrons. The second kappa shape index (κ2) is 7.67. The number of nitrogens with one attached hydrogen (secondary N) is 2. The maximum Gasteiger partial charge on any atom is 0.331 e. The van der Waals surface area contributed by atoms with E-state index in [1.165, 1.54) is 39.5 Å². The molecule has 0 bridgehead atoms. The number of urea groups is 1. The molecule has 0 aromatic rings. The van der Waals surface area contributed by atoms with Crippen LogP contribution >= 0.6 is 0 Å². The molecule has 0 saturated heterocycles. The summed E-state index contributed by atoms with van der Waals surface area (Å²) in [5, 5.41) is 13.5. The van der Waals surface area contributed by atoms with Crippen molar-refractivity contribution in [2.45, 2.75) is 46.0 Å². The number of carboxylic acids is 1. The number of hydrogen-bond donors (Lipinski definition) is 3. The van der Waals surface area contributed by atoms with Crippen LogP contribution in [0.2, 0.25) is 0 Å². The van der Waals surface area contributed by atoms with Gasteiger partial charge in [-0.2, -0.15) is 0 Å². The number of hydrogen-bond acceptors (Lipinski definition) is 3. The van der Waals surface area contributed by atoms with Crippen molar-refractivity contribution < 1.29 is 19.5 Å². The standard InChI is InChI=1S/C14H22N2O4/c1-9(10(2)13(18)19)12(17)16-14(20)15-8-7-11-5-3-4-6-11/h11H,3-8H2,1-2H3,(H,18,19)(H2,15,16,17,20). The normalized spacial score (nSPS) is 16.5. The Bertz CT molecular complexity index is 423. The van der Waals surface area contributed by atoms with Gasteiger partial charge in [0.05, 0.1) is 0 Å². The SMILES string of the molecule is CC(C(=O)O)=C(C)C(=O)NC(=O)NCCC1CCCC1. The molecule has 1 rings (SSSR count). The van der Waals surface area contributed by atoms with E-state index in [9.17, 15) is 14.4 Å². The lowest BCUT2D eigenvalue weighted by atomic mass is 10.0. The molecular formula is C14H22N2O4. The first-order chi connectivity index (χ1) is 9.41. The Hall–Kier alpha value is -1.85. The van der Waals surface area contributed by atoms with Gasteiger partial charge in [-0.25, -0.2) is 9.59 Å². The fourth-order valence-corrected chi connectivity index (χ4v) is 2.26. The summed E-state index contributed by atoms with van der Waals surface area (Å²) in [6, 6.07) is -0.578. The summed E-state index contributed by atoms with van der Waals surface area (Å²) >= 11 is 0. The van der Waals surface area contributed by atoms with Crippen molar-refractivity contribution in [1.82, 2.24) is 10.6 Å². The lowest BCUT2D eigenvalue weighted by Gasteiger charge is -2.10. The summed E-state index contributed by atoms with van der Waals surface area (Å²) < 4.78 is 0. The molecule has 0 aromatic heterocycles. The molecule has 0 heterocycles. The van der Waals surface area contributed by atoms with Gasteiger partial charge >= 0.3 is 12.0 Å². The van der Waals surface area contributed by atoms with Gasteiger partial charge in [0.15, 0.2) is 0 Å². The third kappa shape index (κ3) is 5.03. The van der Waals surface area contributed by atoms with Crippen molar-refractivity contribution in [3.8, 4) is 0 Å². The largest absolute Gasteiger partial charge is 0.478 e. The van der Waals surface area contributed by atoms with Crippen LogP contribution in [0, 0.1) is 5.92 Å². The Morgan fingerprint density at radius 3 is 2.25 bits per heavy atom. The van der Waals surface area contributed by atoms with Gasteiger partial charge in [0.25, 0.3) is 5.91 Å². The number of aliphatic carboxylic acids is 1. The summed E-state index contributed by atoms with van der Waals surface area (Å²) in [6.45, 7) is 3.24. The highest BCUT2D eigenvalue weighted by molar-refractivity contribution is 6.07. The lowest BCUT2D eigenvalue weighted by molar-refractivity contribution is -0.133. The van der Waals surface area contributed by atoms with Crippen molar-refractivity contribution in [2.24, 2.45) is 5.92 Å². The minimum absolute atomic E-state index is 0.0310. The number of rotatable bonds is 5. The van der Waals surface area contributed by atoms with E-state index in [4.69, 9.17) is 5.11 Å². The Labute approximate surface area is 118 Å². The topological polar surface area (TPSA) is 95.5 Å². The van der Waals surface area contributed by atoms with E-state index in [0.29, 0.717) is 12.5 Å². The summed E-state index contributed by atoms with van der Waals surface area (Å²) in [4.78, 5) is 33.8. The Morgan fingerprint density at radius 2 is 1.70 bits per heavy atom. The molecule has 0 radical (unpaired) electrons. The fourth-order valence-electron chi connectivity index (χ4n) is 2.26. The zero-order chi connectivity index (χ0) is 15.1. The van der Waals surface area contributed by atoms with Crippen LogP contribution in [0.15, 0.2) is 11.1 Å². The third-order valence-electron chi connectivity index (χ3n) is 3.76. The summed E-state index contributed by atoms with van der Waals surface area (Å²) in [5.41, 5.74) is -0.0373. The molecule has 3 N–H and O–H groups in total. The molecule has 1 aliphatic carbocycles. The molecule has 3 amide bonds. The van der Waals surface area contributed by atoms with Crippen molar-refractivity contribution in [2.75, 3.05) is 6.54 Å². The Morgan fingerprint density at radius 1 is 1.10 bits per heavy atom. The summed E-state index contributed by atoms with van der Waals surface area (Å²) in [7, 11) is 0. The van der Waals surface area contributed by atoms with Crippen LogP contribution in [-0.2, 0) is 9.59 Å². The predicted molar refractivity (Wildman–Crippen MR) is 74.1 cm³/mol. The zero-order valence-corrected chi connectivity index (χ0v) is 12.0. The monoisotopic (exact) mass is 282 g/mol. The van der Waals surface area contributed by atoms with Crippen LogP contribution in [-0.4, -0.2) is 29.6 Å². The first kappa shape index (κ1) is 16.2. The molecule has 1 saturated carbocycles. The highest BCUT2D eigenvalue weighted by Crippen LogP contribution is 2.26. The van der Waals surface area contributed by atoms with E-state index in [1.54, 1.807) is 0 Å².